The van der Waals surface area contributed by atoms with E-state index in [1.807, 2.05) is 5.01 Å². The molecule has 0 saturated carbocycles. The molecule has 1 heterocycles. The fraction of sp³-hybridized carbons (Fsp3) is 0.667. The average molecular weight is 247 g/mol. The van der Waals surface area contributed by atoms with E-state index in [-0.39, 0.29) is 0 Å². The molecule has 0 bridgehead atoms. The molecule has 18 heavy (non-hydrogen) atoms. The van der Waals surface area contributed by atoms with Crippen molar-refractivity contribution in [2.45, 2.75) is 52.0 Å². The van der Waals surface area contributed by atoms with Gasteiger partial charge in [-0.05, 0) is 51.9 Å². The number of hydrazine groups is 1. The monoisotopic (exact) mass is 247 g/mol. The Morgan fingerprint density at radius 1 is 1.33 bits per heavy atom. The Kier molecular flexibility index (Phi) is 4.72. The Bertz CT molecular complexity index is 368. The van der Waals surface area contributed by atoms with Crippen LogP contribution in [-0.4, -0.2) is 23.8 Å². The van der Waals surface area contributed by atoms with Gasteiger partial charge in [0.15, 0.2) is 0 Å². The lowest BCUT2D eigenvalue weighted by molar-refractivity contribution is 0.179. The van der Waals surface area contributed by atoms with E-state index in [0.717, 1.165) is 31.5 Å². The van der Waals surface area contributed by atoms with Crippen LogP contribution in [0.4, 0.5) is 0 Å². The molecular weight excluding hydrogens is 222 g/mol. The molecule has 0 amide bonds. The lowest BCUT2D eigenvalue weighted by atomic mass is 9.95. The van der Waals surface area contributed by atoms with E-state index in [2.05, 4.69) is 37.2 Å². The highest BCUT2D eigenvalue weighted by Crippen LogP contribution is 2.21. The average Bonchev–Trinajstić information content (AvgIpc) is 2.38. The second-order valence-corrected chi connectivity index (χ2v) is 5.62. The molecule has 0 aromatic heterocycles. The molecule has 2 atom stereocenters. The number of rotatable bonds is 4. The summed E-state index contributed by atoms with van der Waals surface area (Å²) in [6, 6.07) is 0.534. The molecule has 1 aliphatic heterocycles. The zero-order chi connectivity index (χ0) is 13.0. The summed E-state index contributed by atoms with van der Waals surface area (Å²) in [4.78, 5) is 4.38. The van der Waals surface area contributed by atoms with Gasteiger partial charge in [0, 0.05) is 24.5 Å². The van der Waals surface area contributed by atoms with E-state index < -0.39 is 0 Å². The number of hydrogen-bond donors (Lipinski definition) is 1. The van der Waals surface area contributed by atoms with E-state index in [0.29, 0.717) is 12.0 Å². The van der Waals surface area contributed by atoms with E-state index in [4.69, 9.17) is 5.84 Å². The summed E-state index contributed by atoms with van der Waals surface area (Å²) in [7, 11) is 0. The second-order valence-electron chi connectivity index (χ2n) is 5.62. The van der Waals surface area contributed by atoms with Gasteiger partial charge in [-0.3, -0.25) is 10.8 Å². The van der Waals surface area contributed by atoms with Crippen LogP contribution < -0.4 is 5.84 Å². The molecule has 0 spiro atoms. The molecule has 0 aromatic rings. The maximum absolute atomic E-state index is 6.18. The Balaban J connectivity index is 1.72. The van der Waals surface area contributed by atoms with Gasteiger partial charge in [-0.1, -0.05) is 17.7 Å². The van der Waals surface area contributed by atoms with Crippen molar-refractivity contribution in [1.29, 1.82) is 0 Å². The predicted octanol–water partition coefficient (Wildman–Crippen LogP) is 3.05. The quantitative estimate of drug-likeness (QED) is 0.471. The minimum atomic E-state index is 0.534. The lowest BCUT2D eigenvalue weighted by Crippen LogP contribution is -2.43. The Morgan fingerprint density at radius 3 is 2.78 bits per heavy atom. The van der Waals surface area contributed by atoms with Gasteiger partial charge in [-0.2, -0.15) is 0 Å². The molecule has 1 aliphatic carbocycles. The Labute approximate surface area is 110 Å². The van der Waals surface area contributed by atoms with Gasteiger partial charge in [-0.25, -0.2) is 5.01 Å². The summed E-state index contributed by atoms with van der Waals surface area (Å²) in [6.45, 7) is 5.24. The number of nitrogens with zero attached hydrogens (tertiary/aromatic N) is 2. The van der Waals surface area contributed by atoms with Gasteiger partial charge in [0.05, 0.1) is 0 Å². The van der Waals surface area contributed by atoms with Crippen LogP contribution in [0.5, 0.6) is 0 Å². The molecule has 0 radical (unpaired) electrons. The van der Waals surface area contributed by atoms with Crippen molar-refractivity contribution in [2.24, 2.45) is 16.8 Å². The predicted molar refractivity (Wildman–Crippen MR) is 77.3 cm³/mol. The first-order valence-electron chi connectivity index (χ1n) is 7.03. The second kappa shape index (κ2) is 6.30. The maximum atomic E-state index is 6.18. The first-order chi connectivity index (χ1) is 8.65. The van der Waals surface area contributed by atoms with Crippen molar-refractivity contribution in [2.75, 3.05) is 6.54 Å². The van der Waals surface area contributed by atoms with E-state index in [1.54, 1.807) is 0 Å². The zero-order valence-electron chi connectivity index (χ0n) is 11.6. The number of aliphatic imine (C=N–C) groups is 1. The molecule has 3 heteroatoms. The third-order valence-electron chi connectivity index (χ3n) is 4.04. The van der Waals surface area contributed by atoms with Crippen LogP contribution in [0.3, 0.4) is 0 Å². The third kappa shape index (κ3) is 3.79. The molecule has 3 nitrogen and oxygen atoms in total. The highest BCUT2D eigenvalue weighted by Gasteiger charge is 2.18. The van der Waals surface area contributed by atoms with Crippen molar-refractivity contribution >= 4 is 6.21 Å². The summed E-state index contributed by atoms with van der Waals surface area (Å²) >= 11 is 0. The van der Waals surface area contributed by atoms with Gasteiger partial charge in [0.1, 0.15) is 0 Å². The Morgan fingerprint density at radius 2 is 2.17 bits per heavy atom. The minimum Gasteiger partial charge on any atom is -0.269 e. The highest BCUT2D eigenvalue weighted by molar-refractivity contribution is 5.63. The first-order valence-corrected chi connectivity index (χ1v) is 7.03. The molecular formula is C15H25N3. The number of allylic oxidation sites excluding steroid dienone is 3. The minimum absolute atomic E-state index is 0.534. The van der Waals surface area contributed by atoms with Crippen LogP contribution >= 0.6 is 0 Å². The lowest BCUT2D eigenvalue weighted by Gasteiger charge is -2.30. The normalized spacial score (nSPS) is 28.2. The summed E-state index contributed by atoms with van der Waals surface area (Å²) < 4.78 is 0. The molecule has 0 aromatic carbocycles. The standard InChI is InChI=1S/C15H25N3/c1-12-3-7-15(8-4-12)18(16)10-9-14-6-5-13(2)17-11-14/h3,5,11,14-15H,4,6-10,16H2,1-2H3. The van der Waals surface area contributed by atoms with E-state index >= 15 is 0 Å². The van der Waals surface area contributed by atoms with Crippen LogP contribution in [0, 0.1) is 5.92 Å². The zero-order valence-corrected chi connectivity index (χ0v) is 11.6. The van der Waals surface area contributed by atoms with Gasteiger partial charge < -0.3 is 0 Å². The van der Waals surface area contributed by atoms with Crippen LogP contribution in [0.15, 0.2) is 28.4 Å². The molecule has 2 rings (SSSR count). The SMILES string of the molecule is CC1=CCC(N(N)CCC2C=NC(C)=CC2)CC1. The number of nitrogens with two attached hydrogens (primary N) is 1. The Hall–Kier alpha value is -0.930. The van der Waals surface area contributed by atoms with Gasteiger partial charge >= 0.3 is 0 Å². The fourth-order valence-corrected chi connectivity index (χ4v) is 2.60. The van der Waals surface area contributed by atoms with E-state index in [1.165, 1.54) is 18.4 Å². The molecule has 2 aliphatic rings. The third-order valence-corrected chi connectivity index (χ3v) is 4.04. The molecule has 0 saturated heterocycles. The molecule has 100 valence electrons. The highest BCUT2D eigenvalue weighted by atomic mass is 15.4. The van der Waals surface area contributed by atoms with Crippen LogP contribution in [0.2, 0.25) is 0 Å². The van der Waals surface area contributed by atoms with Gasteiger partial charge in [0.25, 0.3) is 0 Å². The van der Waals surface area contributed by atoms with Crippen molar-refractivity contribution in [3.63, 3.8) is 0 Å². The van der Waals surface area contributed by atoms with Crippen LogP contribution in [0.25, 0.3) is 0 Å². The van der Waals surface area contributed by atoms with Crippen molar-refractivity contribution in [3.8, 4) is 0 Å². The van der Waals surface area contributed by atoms with Crippen molar-refractivity contribution in [3.05, 3.63) is 23.4 Å². The molecule has 0 fully saturated rings. The van der Waals surface area contributed by atoms with Gasteiger partial charge in [-0.15, -0.1) is 0 Å². The maximum Gasteiger partial charge on any atom is 0.0329 e. The summed E-state index contributed by atoms with van der Waals surface area (Å²) in [5.41, 5.74) is 2.66. The van der Waals surface area contributed by atoms with Crippen LogP contribution in [-0.2, 0) is 0 Å². The van der Waals surface area contributed by atoms with Crippen molar-refractivity contribution in [1.82, 2.24) is 5.01 Å². The fourth-order valence-electron chi connectivity index (χ4n) is 2.60. The van der Waals surface area contributed by atoms with Crippen molar-refractivity contribution < 1.29 is 0 Å². The van der Waals surface area contributed by atoms with Gasteiger partial charge in [0.2, 0.25) is 0 Å². The summed E-state index contributed by atoms with van der Waals surface area (Å²) in [6.07, 6.45) is 12.4. The topological polar surface area (TPSA) is 41.6 Å². The smallest absolute Gasteiger partial charge is 0.0329 e. The summed E-state index contributed by atoms with van der Waals surface area (Å²) in [5, 5.41) is 2.04. The van der Waals surface area contributed by atoms with E-state index in [9.17, 15) is 0 Å². The molecule has 2 N–H and O–H groups in total. The first kappa shape index (κ1) is 13.5. The van der Waals surface area contributed by atoms with Crippen LogP contribution in [0.1, 0.15) is 46.0 Å². The molecule has 2 unspecified atom stereocenters. The largest absolute Gasteiger partial charge is 0.269 e. The summed E-state index contributed by atoms with van der Waals surface area (Å²) in [5.74, 6) is 6.75. The number of hydrogen-bond acceptors (Lipinski definition) is 3.